The monoisotopic (exact) mass is 980 g/mol. The fourth-order valence-corrected chi connectivity index (χ4v) is 8.51. The quantitative estimate of drug-likeness (QED) is 0.0395. The number of carbonyl (C=O) groups excluding carboxylic acids is 1. The number of ether oxygens (including phenoxy) is 10. The lowest BCUT2D eigenvalue weighted by molar-refractivity contribution is -0.277. The summed E-state index contributed by atoms with van der Waals surface area (Å²) in [5, 5.41) is 29.8. The molecule has 5 heterocycles. The first-order chi connectivity index (χ1) is 33.6. The van der Waals surface area contributed by atoms with Crippen LogP contribution >= 0.6 is 0 Å². The fraction of sp³-hybridized carbons (Fsp3) is 0.490. The molecule has 70 heavy (non-hydrogen) atoms. The third-order valence-corrected chi connectivity index (χ3v) is 11.9. The van der Waals surface area contributed by atoms with Crippen LogP contribution in [0.5, 0.6) is 23.0 Å². The standard InChI is InChI=1S/C25H29NO10.C24H31NO9/c1-7-11-31-19-14-9-10-16(12(3)18(14)34-23(27)17(19)13(4)26-30-6)33-24-22-21(35-25(28)36-22)20(29-5)15(8-2)32-24;1-7-11-31-21-14-9-10-16(12(3)20(14)34-23(28)17(21)13(4)25-30-6)33-24-19(27)18(26)22(29-5)15(8-2)32-24/h7,9-10,15,20-22,24H,1,8,11H2,2-6H3;7,9-10,15,18-19,22,24,26-27H,1,8,11H2,2-6H3/t15-,20-,21+,22+,24?;15-,18-,19+,22-,24?/m00/s1. The second-order valence-corrected chi connectivity index (χ2v) is 16.2. The van der Waals surface area contributed by atoms with Crippen molar-refractivity contribution >= 4 is 39.5 Å². The first-order valence-corrected chi connectivity index (χ1v) is 22.4. The zero-order valence-corrected chi connectivity index (χ0v) is 40.7. The van der Waals surface area contributed by atoms with Gasteiger partial charge in [0.25, 0.3) is 0 Å². The zero-order chi connectivity index (χ0) is 51.0. The van der Waals surface area contributed by atoms with Gasteiger partial charge < -0.3 is 76.1 Å². The Balaban J connectivity index is 0.000000230. The molecule has 2 aromatic carbocycles. The van der Waals surface area contributed by atoms with Crippen LogP contribution in [0, 0.1) is 13.8 Å². The topological polar surface area (TPSA) is 253 Å². The van der Waals surface area contributed by atoms with Gasteiger partial charge in [0, 0.05) is 25.3 Å². The third-order valence-electron chi connectivity index (χ3n) is 11.9. The van der Waals surface area contributed by atoms with Crippen LogP contribution in [0.4, 0.5) is 4.79 Å². The van der Waals surface area contributed by atoms with Crippen LogP contribution < -0.4 is 30.2 Å². The van der Waals surface area contributed by atoms with Crippen molar-refractivity contribution in [1.29, 1.82) is 0 Å². The van der Waals surface area contributed by atoms with Crippen molar-refractivity contribution in [3.05, 3.63) is 92.7 Å². The maximum absolute atomic E-state index is 13.0. The Morgan fingerprint density at radius 2 is 1.10 bits per heavy atom. The molecule has 3 fully saturated rings. The van der Waals surface area contributed by atoms with E-state index in [2.05, 4.69) is 23.5 Å². The van der Waals surface area contributed by atoms with Crippen LogP contribution in [0.2, 0.25) is 0 Å². The number of hydrogen-bond acceptors (Lipinski definition) is 21. The molecular formula is C49H60N2O19. The lowest BCUT2D eigenvalue weighted by Gasteiger charge is -2.41. The molecule has 21 nitrogen and oxygen atoms in total. The van der Waals surface area contributed by atoms with Gasteiger partial charge in [-0.1, -0.05) is 49.5 Å². The van der Waals surface area contributed by atoms with Crippen LogP contribution in [0.15, 0.2) is 78.3 Å². The number of nitrogens with zero attached hydrogens (tertiary/aromatic N) is 2. The van der Waals surface area contributed by atoms with Crippen molar-refractivity contribution in [2.24, 2.45) is 10.3 Å². The second kappa shape index (κ2) is 23.4. The van der Waals surface area contributed by atoms with Crippen molar-refractivity contribution in [3.63, 3.8) is 0 Å². The van der Waals surface area contributed by atoms with E-state index in [1.54, 1.807) is 64.1 Å². The molecule has 3 aliphatic heterocycles. The highest BCUT2D eigenvalue weighted by Gasteiger charge is 2.55. The molecule has 0 saturated carbocycles. The lowest BCUT2D eigenvalue weighted by atomic mass is 9.97. The van der Waals surface area contributed by atoms with Gasteiger partial charge in [0.1, 0.15) is 97.1 Å². The van der Waals surface area contributed by atoms with Gasteiger partial charge in [-0.2, -0.15) is 0 Å². The number of oxime groups is 2. The summed E-state index contributed by atoms with van der Waals surface area (Å²) < 4.78 is 68.5. The Morgan fingerprint density at radius 1 is 0.657 bits per heavy atom. The summed E-state index contributed by atoms with van der Waals surface area (Å²) in [4.78, 5) is 47.4. The molecule has 2 aromatic heterocycles. The van der Waals surface area contributed by atoms with E-state index in [1.165, 1.54) is 28.4 Å². The smallest absolute Gasteiger partial charge is 0.488 e. The van der Waals surface area contributed by atoms with Crippen molar-refractivity contribution in [1.82, 2.24) is 0 Å². The van der Waals surface area contributed by atoms with Crippen LogP contribution in [0.3, 0.4) is 0 Å². The van der Waals surface area contributed by atoms with Crippen LogP contribution in [0.1, 0.15) is 62.8 Å². The molecule has 2 N–H and O–H groups in total. The maximum Gasteiger partial charge on any atom is 0.509 e. The highest BCUT2D eigenvalue weighted by Crippen LogP contribution is 2.40. The minimum absolute atomic E-state index is 0.134. The van der Waals surface area contributed by atoms with Gasteiger partial charge in [0.15, 0.2) is 6.10 Å². The molecule has 0 bridgehead atoms. The van der Waals surface area contributed by atoms with E-state index in [0.717, 1.165) is 0 Å². The second-order valence-electron chi connectivity index (χ2n) is 16.2. The highest BCUT2D eigenvalue weighted by atomic mass is 16.8. The summed E-state index contributed by atoms with van der Waals surface area (Å²) in [7, 11) is 5.73. The average Bonchev–Trinajstić information content (AvgIpc) is 3.74. The van der Waals surface area contributed by atoms with E-state index in [1.807, 2.05) is 13.8 Å². The molecule has 10 atom stereocenters. The maximum atomic E-state index is 13.0. The number of rotatable bonds is 18. The van der Waals surface area contributed by atoms with Crippen LogP contribution in [-0.4, -0.2) is 131 Å². The summed E-state index contributed by atoms with van der Waals surface area (Å²) in [6.45, 7) is 18.1. The number of aliphatic hydroxyl groups is 2. The minimum atomic E-state index is -1.35. The van der Waals surface area contributed by atoms with Crippen molar-refractivity contribution < 1.29 is 80.9 Å². The Kier molecular flexibility index (Phi) is 17.7. The molecule has 4 aromatic rings. The summed E-state index contributed by atoms with van der Waals surface area (Å²) in [5.41, 5.74) is 1.06. The summed E-state index contributed by atoms with van der Waals surface area (Å²) in [6, 6.07) is 6.72. The average molecular weight is 981 g/mol. The van der Waals surface area contributed by atoms with E-state index in [9.17, 15) is 24.6 Å². The predicted molar refractivity (Wildman–Crippen MR) is 252 cm³/mol. The molecular weight excluding hydrogens is 921 g/mol. The molecule has 0 radical (unpaired) electrons. The van der Waals surface area contributed by atoms with Crippen LogP contribution in [-0.2, 0) is 38.1 Å². The van der Waals surface area contributed by atoms with Crippen molar-refractivity contribution in [2.75, 3.05) is 41.7 Å². The summed E-state index contributed by atoms with van der Waals surface area (Å²) in [5.74, 6) is 1.24. The summed E-state index contributed by atoms with van der Waals surface area (Å²) in [6.07, 6.45) is -4.79. The number of aliphatic hydroxyl groups excluding tert-OH is 2. The Morgan fingerprint density at radius 3 is 1.54 bits per heavy atom. The first-order valence-electron chi connectivity index (χ1n) is 22.4. The Labute approximate surface area is 403 Å². The fourth-order valence-electron chi connectivity index (χ4n) is 8.51. The molecule has 3 aliphatic rings. The van der Waals surface area contributed by atoms with Gasteiger partial charge in [-0.3, -0.25) is 0 Å². The Bertz CT molecular complexity index is 2710. The number of benzene rings is 2. The number of hydrogen-bond donors (Lipinski definition) is 2. The highest BCUT2D eigenvalue weighted by molar-refractivity contribution is 6.06. The van der Waals surface area contributed by atoms with E-state index in [0.29, 0.717) is 57.7 Å². The number of aryl methyl sites for hydroxylation is 2. The summed E-state index contributed by atoms with van der Waals surface area (Å²) >= 11 is 0. The van der Waals surface area contributed by atoms with Gasteiger partial charge in [0.2, 0.25) is 18.7 Å². The van der Waals surface area contributed by atoms with E-state index in [-0.39, 0.29) is 53.1 Å². The Hall–Kier alpha value is -6.49. The minimum Gasteiger partial charge on any atom is -0.488 e. The molecule has 7 rings (SSSR count). The van der Waals surface area contributed by atoms with Crippen molar-refractivity contribution in [3.8, 4) is 23.0 Å². The zero-order valence-electron chi connectivity index (χ0n) is 40.7. The molecule has 380 valence electrons. The van der Waals surface area contributed by atoms with Gasteiger partial charge in [-0.25, -0.2) is 14.4 Å². The number of methoxy groups -OCH3 is 2. The molecule has 0 amide bonds. The molecule has 0 spiro atoms. The number of fused-ring (bicyclic) bond motifs is 3. The normalized spacial score (nSPS) is 25.5. The van der Waals surface area contributed by atoms with Gasteiger partial charge >= 0.3 is 17.4 Å². The van der Waals surface area contributed by atoms with E-state index in [4.69, 9.17) is 65.9 Å². The van der Waals surface area contributed by atoms with Gasteiger partial charge in [-0.05, 0) is 64.8 Å². The predicted octanol–water partition coefficient (Wildman–Crippen LogP) is 5.76. The van der Waals surface area contributed by atoms with Gasteiger partial charge in [0.05, 0.1) is 34.4 Å². The van der Waals surface area contributed by atoms with E-state index < -0.39 is 72.7 Å². The molecule has 0 aliphatic carbocycles. The van der Waals surface area contributed by atoms with E-state index >= 15 is 0 Å². The third kappa shape index (κ3) is 10.6. The van der Waals surface area contributed by atoms with Gasteiger partial charge in [-0.15, -0.1) is 0 Å². The first kappa shape index (κ1) is 52.9. The number of carbonyl (C=O) groups is 1. The molecule has 2 unspecified atom stereocenters. The SMILES string of the molecule is C=CCOc1c(C(C)=NOC)c(=O)oc2c(C)c(OC3O[C@@H](CC)[C@H](OC)[C@@H](O)[C@H]3O)ccc12.C=CCOc1c(C(C)=NOC)c(=O)oc2c(C)c(OC3O[C@@H](CC)[C@H](OC)[C@H]4OC(=O)O[C@@H]34)ccc12. The van der Waals surface area contributed by atoms with Crippen molar-refractivity contribution in [2.45, 2.75) is 116 Å². The lowest BCUT2D eigenvalue weighted by Crippen LogP contribution is -2.59. The molecule has 3 saturated heterocycles. The molecule has 21 heteroatoms. The van der Waals surface area contributed by atoms with Crippen LogP contribution in [0.25, 0.3) is 21.9 Å². The largest absolute Gasteiger partial charge is 0.509 e.